The van der Waals surface area contributed by atoms with Crippen molar-refractivity contribution in [2.45, 2.75) is 12.5 Å². The van der Waals surface area contributed by atoms with Crippen molar-refractivity contribution in [1.82, 2.24) is 10.3 Å². The van der Waals surface area contributed by atoms with E-state index in [0.717, 1.165) is 12.1 Å². The molecule has 0 aliphatic carbocycles. The summed E-state index contributed by atoms with van der Waals surface area (Å²) < 4.78 is 10.5. The van der Waals surface area contributed by atoms with Crippen LogP contribution in [0.25, 0.3) is 11.1 Å². The van der Waals surface area contributed by atoms with E-state index in [1.165, 1.54) is 6.39 Å². The number of morpholine rings is 1. The maximum Gasteiger partial charge on any atom is 0.226 e. The molecule has 19 heavy (non-hydrogen) atoms. The molecule has 1 aliphatic heterocycles. The maximum atomic E-state index is 11.9. The Hall–Kier alpha value is -1.92. The summed E-state index contributed by atoms with van der Waals surface area (Å²) in [5.74, 6) is -0.0399. The Morgan fingerprint density at radius 1 is 1.53 bits per heavy atom. The lowest BCUT2D eigenvalue weighted by Crippen LogP contribution is -2.43. The number of benzene rings is 1. The maximum absolute atomic E-state index is 11.9. The van der Waals surface area contributed by atoms with Crippen LogP contribution < -0.4 is 10.6 Å². The Labute approximate surface area is 110 Å². The van der Waals surface area contributed by atoms with Crippen LogP contribution in [0.3, 0.4) is 0 Å². The molecule has 1 fully saturated rings. The molecule has 100 valence electrons. The summed E-state index contributed by atoms with van der Waals surface area (Å²) >= 11 is 0. The number of nitrogens with zero attached hydrogens (tertiary/aromatic N) is 1. The van der Waals surface area contributed by atoms with Crippen molar-refractivity contribution in [3.8, 4) is 0 Å². The van der Waals surface area contributed by atoms with Gasteiger partial charge in [-0.25, -0.2) is 4.98 Å². The second-order valence-electron chi connectivity index (χ2n) is 4.51. The zero-order valence-electron chi connectivity index (χ0n) is 10.4. The second-order valence-corrected chi connectivity index (χ2v) is 4.51. The number of rotatable bonds is 3. The molecule has 0 bridgehead atoms. The fourth-order valence-electron chi connectivity index (χ4n) is 2.12. The van der Waals surface area contributed by atoms with E-state index in [2.05, 4.69) is 15.6 Å². The van der Waals surface area contributed by atoms with Crippen LogP contribution in [0.4, 0.5) is 5.69 Å². The van der Waals surface area contributed by atoms with Gasteiger partial charge in [-0.3, -0.25) is 4.79 Å². The monoisotopic (exact) mass is 261 g/mol. The highest BCUT2D eigenvalue weighted by Crippen LogP contribution is 2.18. The number of oxazole rings is 1. The zero-order chi connectivity index (χ0) is 13.1. The van der Waals surface area contributed by atoms with E-state index >= 15 is 0 Å². The van der Waals surface area contributed by atoms with Gasteiger partial charge in [0.1, 0.15) is 5.52 Å². The van der Waals surface area contributed by atoms with Gasteiger partial charge in [-0.15, -0.1) is 0 Å². The normalized spacial score (nSPS) is 19.5. The largest absolute Gasteiger partial charge is 0.443 e. The highest BCUT2D eigenvalue weighted by Gasteiger charge is 2.17. The molecule has 0 saturated carbocycles. The summed E-state index contributed by atoms with van der Waals surface area (Å²) in [6, 6.07) is 5.48. The van der Waals surface area contributed by atoms with Crippen LogP contribution in [0.2, 0.25) is 0 Å². The van der Waals surface area contributed by atoms with Gasteiger partial charge in [-0.1, -0.05) is 0 Å². The Morgan fingerprint density at radius 3 is 3.32 bits per heavy atom. The number of hydrogen-bond acceptors (Lipinski definition) is 5. The molecule has 6 heteroatoms. The van der Waals surface area contributed by atoms with Gasteiger partial charge in [0.25, 0.3) is 0 Å². The van der Waals surface area contributed by atoms with Crippen molar-refractivity contribution < 1.29 is 13.9 Å². The third-order valence-electron chi connectivity index (χ3n) is 3.05. The van der Waals surface area contributed by atoms with E-state index in [9.17, 15) is 4.79 Å². The molecule has 2 N–H and O–H groups in total. The fourth-order valence-corrected chi connectivity index (χ4v) is 2.12. The van der Waals surface area contributed by atoms with Crippen LogP contribution >= 0.6 is 0 Å². The number of carbonyl (C=O) groups is 1. The third-order valence-corrected chi connectivity index (χ3v) is 3.05. The van der Waals surface area contributed by atoms with Crippen molar-refractivity contribution >= 4 is 22.7 Å². The number of aromatic nitrogens is 1. The molecule has 1 aromatic heterocycles. The summed E-state index contributed by atoms with van der Waals surface area (Å²) in [4.78, 5) is 15.9. The first kappa shape index (κ1) is 12.1. The Kier molecular flexibility index (Phi) is 3.43. The minimum Gasteiger partial charge on any atom is -0.443 e. The fraction of sp³-hybridized carbons (Fsp3) is 0.385. The number of nitrogens with one attached hydrogen (secondary N) is 2. The smallest absolute Gasteiger partial charge is 0.226 e. The minimum absolute atomic E-state index is 0.0399. The van der Waals surface area contributed by atoms with Gasteiger partial charge in [0.2, 0.25) is 5.91 Å². The van der Waals surface area contributed by atoms with Crippen LogP contribution in [0.15, 0.2) is 29.0 Å². The molecule has 1 aromatic carbocycles. The van der Waals surface area contributed by atoms with Crippen molar-refractivity contribution in [2.24, 2.45) is 0 Å². The molecule has 3 rings (SSSR count). The van der Waals surface area contributed by atoms with E-state index in [-0.39, 0.29) is 11.9 Å². The van der Waals surface area contributed by atoms with Gasteiger partial charge in [-0.2, -0.15) is 0 Å². The van der Waals surface area contributed by atoms with E-state index in [4.69, 9.17) is 9.15 Å². The lowest BCUT2D eigenvalue weighted by Gasteiger charge is -2.23. The van der Waals surface area contributed by atoms with Gasteiger partial charge >= 0.3 is 0 Å². The van der Waals surface area contributed by atoms with Crippen molar-refractivity contribution in [1.29, 1.82) is 0 Å². The van der Waals surface area contributed by atoms with Crippen LogP contribution in [-0.4, -0.2) is 36.7 Å². The molecule has 1 atom stereocenters. The van der Waals surface area contributed by atoms with Crippen molar-refractivity contribution in [2.75, 3.05) is 25.1 Å². The average molecular weight is 261 g/mol. The first-order valence-corrected chi connectivity index (χ1v) is 6.25. The Morgan fingerprint density at radius 2 is 2.47 bits per heavy atom. The van der Waals surface area contributed by atoms with Crippen molar-refractivity contribution in [3.05, 3.63) is 24.6 Å². The van der Waals surface area contributed by atoms with Gasteiger partial charge in [0.15, 0.2) is 12.0 Å². The molecule has 0 spiro atoms. The van der Waals surface area contributed by atoms with Gasteiger partial charge in [0, 0.05) is 30.8 Å². The number of hydrogen-bond donors (Lipinski definition) is 2. The number of fused-ring (bicyclic) bond motifs is 1. The standard InChI is InChI=1S/C13H15N3O3/c17-13(6-10-7-18-4-3-14-10)16-9-1-2-11-12(5-9)19-8-15-11/h1-2,5,8,10,14H,3-4,6-7H2,(H,16,17). The molecule has 0 radical (unpaired) electrons. The Bertz CT molecular complexity index is 575. The number of carbonyl (C=O) groups excluding carboxylic acids is 1. The zero-order valence-corrected chi connectivity index (χ0v) is 10.4. The van der Waals surface area contributed by atoms with Gasteiger partial charge in [0.05, 0.1) is 13.2 Å². The second kappa shape index (κ2) is 5.38. The van der Waals surface area contributed by atoms with E-state index in [1.807, 2.05) is 12.1 Å². The van der Waals surface area contributed by atoms with Crippen LogP contribution in [-0.2, 0) is 9.53 Å². The lowest BCUT2D eigenvalue weighted by molar-refractivity contribution is -0.117. The summed E-state index contributed by atoms with van der Waals surface area (Å²) in [7, 11) is 0. The van der Waals surface area contributed by atoms with E-state index in [0.29, 0.717) is 30.9 Å². The number of amides is 1. The first-order chi connectivity index (χ1) is 9.31. The average Bonchev–Trinajstić information content (AvgIpc) is 2.87. The molecule has 1 unspecified atom stereocenters. The van der Waals surface area contributed by atoms with Gasteiger partial charge in [-0.05, 0) is 12.1 Å². The summed E-state index contributed by atoms with van der Waals surface area (Å²) in [6.45, 7) is 2.08. The minimum atomic E-state index is -0.0399. The summed E-state index contributed by atoms with van der Waals surface area (Å²) in [6.07, 6.45) is 1.79. The number of ether oxygens (including phenoxy) is 1. The van der Waals surface area contributed by atoms with Gasteiger partial charge < -0.3 is 19.8 Å². The van der Waals surface area contributed by atoms with Crippen molar-refractivity contribution in [3.63, 3.8) is 0 Å². The Balaban J connectivity index is 1.61. The molecular weight excluding hydrogens is 246 g/mol. The molecule has 1 aliphatic rings. The van der Waals surface area contributed by atoms with E-state index < -0.39 is 0 Å². The van der Waals surface area contributed by atoms with Crippen LogP contribution in [0, 0.1) is 0 Å². The first-order valence-electron chi connectivity index (χ1n) is 6.25. The predicted molar refractivity (Wildman–Crippen MR) is 69.9 cm³/mol. The lowest BCUT2D eigenvalue weighted by atomic mass is 10.2. The molecule has 2 heterocycles. The predicted octanol–water partition coefficient (Wildman–Crippen LogP) is 1.14. The van der Waals surface area contributed by atoms with E-state index in [1.54, 1.807) is 6.07 Å². The highest BCUT2D eigenvalue weighted by molar-refractivity contribution is 5.93. The summed E-state index contributed by atoms with van der Waals surface area (Å²) in [5, 5.41) is 6.10. The topological polar surface area (TPSA) is 76.4 Å². The van der Waals surface area contributed by atoms with Crippen LogP contribution in [0.5, 0.6) is 0 Å². The highest BCUT2D eigenvalue weighted by atomic mass is 16.5. The molecule has 1 amide bonds. The number of anilines is 1. The third kappa shape index (κ3) is 2.91. The molecular formula is C13H15N3O3. The van der Waals surface area contributed by atoms with Crippen LogP contribution in [0.1, 0.15) is 6.42 Å². The molecule has 6 nitrogen and oxygen atoms in total. The quantitative estimate of drug-likeness (QED) is 0.866. The SMILES string of the molecule is O=C(CC1COCCN1)Nc1ccc2ncoc2c1. The summed E-state index contributed by atoms with van der Waals surface area (Å²) in [5.41, 5.74) is 2.16. The molecule has 1 saturated heterocycles. The molecule has 2 aromatic rings.